The van der Waals surface area contributed by atoms with Gasteiger partial charge in [0.1, 0.15) is 5.82 Å². The van der Waals surface area contributed by atoms with Crippen LogP contribution in [0.25, 0.3) is 54.7 Å². The Labute approximate surface area is 238 Å². The summed E-state index contributed by atoms with van der Waals surface area (Å²) in [5.74, 6) is 0.915. The number of allylic oxidation sites excluding steroid dienone is 4. The van der Waals surface area contributed by atoms with Crippen LogP contribution in [0.4, 0.5) is 11.4 Å². The number of fused-ring (bicyclic) bond motifs is 7. The summed E-state index contributed by atoms with van der Waals surface area (Å²) in [6.45, 7) is 5.32. The van der Waals surface area contributed by atoms with Crippen molar-refractivity contribution < 1.29 is 0 Å². The normalized spacial score (nSPS) is 15.1. The molecule has 3 heterocycles. The Bertz CT molecular complexity index is 2200. The van der Waals surface area contributed by atoms with E-state index >= 15 is 0 Å². The van der Waals surface area contributed by atoms with Gasteiger partial charge in [0, 0.05) is 45.8 Å². The summed E-state index contributed by atoms with van der Waals surface area (Å²) in [4.78, 5) is 7.31. The van der Waals surface area contributed by atoms with Gasteiger partial charge in [-0.2, -0.15) is 0 Å². The Morgan fingerprint density at radius 3 is 2.34 bits per heavy atom. The molecule has 0 bridgehead atoms. The summed E-state index contributed by atoms with van der Waals surface area (Å²) in [6.07, 6.45) is 10.5. The molecule has 194 valence electrons. The number of nitrogens with zero attached hydrogens (tertiary/aromatic N) is 3. The van der Waals surface area contributed by atoms with Crippen LogP contribution in [0.15, 0.2) is 146 Å². The molecule has 0 N–H and O–H groups in total. The van der Waals surface area contributed by atoms with Gasteiger partial charge in [0.05, 0.1) is 11.0 Å². The van der Waals surface area contributed by atoms with E-state index in [1.807, 2.05) is 6.20 Å². The second-order valence-corrected chi connectivity index (χ2v) is 10.6. The van der Waals surface area contributed by atoms with Gasteiger partial charge < -0.3 is 4.90 Å². The fraction of sp³-hybridized carbons (Fsp3) is 0.0263. The van der Waals surface area contributed by atoms with Crippen LogP contribution in [-0.2, 0) is 0 Å². The first-order valence-electron chi connectivity index (χ1n) is 14.0. The number of para-hydroxylation sites is 2. The topological polar surface area (TPSA) is 21.1 Å². The predicted octanol–water partition coefficient (Wildman–Crippen LogP) is 9.76. The number of aromatic nitrogens is 2. The molecule has 0 saturated carbocycles. The highest BCUT2D eigenvalue weighted by atomic mass is 15.1. The van der Waals surface area contributed by atoms with E-state index in [2.05, 4.69) is 150 Å². The van der Waals surface area contributed by atoms with Crippen molar-refractivity contribution in [3.05, 3.63) is 152 Å². The molecule has 0 amide bonds. The van der Waals surface area contributed by atoms with Crippen molar-refractivity contribution in [3.8, 4) is 5.82 Å². The van der Waals surface area contributed by atoms with Crippen molar-refractivity contribution in [1.29, 1.82) is 0 Å². The number of anilines is 2. The second kappa shape index (κ2) is 9.35. The maximum absolute atomic E-state index is 4.94. The minimum atomic E-state index is 0.768. The molecule has 41 heavy (non-hydrogen) atoms. The van der Waals surface area contributed by atoms with Crippen LogP contribution < -0.4 is 4.90 Å². The van der Waals surface area contributed by atoms with Crippen molar-refractivity contribution in [1.82, 2.24) is 9.55 Å². The van der Waals surface area contributed by atoms with Crippen LogP contribution in [0.1, 0.15) is 5.56 Å². The smallest absolute Gasteiger partial charge is 0.138 e. The van der Waals surface area contributed by atoms with Gasteiger partial charge in [-0.25, -0.2) is 4.98 Å². The molecular formula is C38H27N3. The van der Waals surface area contributed by atoms with Gasteiger partial charge in [-0.05, 0) is 64.2 Å². The highest BCUT2D eigenvalue weighted by Gasteiger charge is 2.20. The van der Waals surface area contributed by atoms with Gasteiger partial charge in [0.2, 0.25) is 0 Å². The van der Waals surface area contributed by atoms with E-state index in [1.165, 1.54) is 26.9 Å². The van der Waals surface area contributed by atoms with Gasteiger partial charge in [0.15, 0.2) is 0 Å². The monoisotopic (exact) mass is 525 g/mol. The van der Waals surface area contributed by atoms with E-state index in [1.54, 1.807) is 0 Å². The molecular weight excluding hydrogens is 498 g/mol. The molecule has 1 aliphatic heterocycles. The quantitative estimate of drug-likeness (QED) is 0.224. The first kappa shape index (κ1) is 23.5. The maximum atomic E-state index is 4.94. The van der Waals surface area contributed by atoms with Crippen molar-refractivity contribution in [2.75, 3.05) is 11.4 Å². The molecule has 0 fully saturated rings. The average Bonchev–Trinajstić information content (AvgIpc) is 3.37. The molecule has 0 radical (unpaired) electrons. The Morgan fingerprint density at radius 1 is 0.634 bits per heavy atom. The lowest BCUT2D eigenvalue weighted by Gasteiger charge is -2.27. The highest BCUT2D eigenvalue weighted by Crippen LogP contribution is 2.42. The maximum Gasteiger partial charge on any atom is 0.138 e. The third kappa shape index (κ3) is 3.78. The molecule has 0 unspecified atom stereocenters. The van der Waals surface area contributed by atoms with Crippen molar-refractivity contribution >= 4 is 60.3 Å². The van der Waals surface area contributed by atoms with Crippen LogP contribution >= 0.6 is 0 Å². The summed E-state index contributed by atoms with van der Waals surface area (Å²) < 4.78 is 2.31. The van der Waals surface area contributed by atoms with Crippen LogP contribution in [0.5, 0.6) is 0 Å². The zero-order chi connectivity index (χ0) is 27.3. The molecule has 0 aliphatic carbocycles. The zero-order valence-corrected chi connectivity index (χ0v) is 22.5. The van der Waals surface area contributed by atoms with Gasteiger partial charge in [0.25, 0.3) is 0 Å². The van der Waals surface area contributed by atoms with E-state index in [0.29, 0.717) is 0 Å². The van der Waals surface area contributed by atoms with Crippen molar-refractivity contribution in [2.24, 2.45) is 0 Å². The van der Waals surface area contributed by atoms with Gasteiger partial charge >= 0.3 is 0 Å². The fourth-order valence-corrected chi connectivity index (χ4v) is 6.23. The van der Waals surface area contributed by atoms with Gasteiger partial charge in [-0.3, -0.25) is 4.57 Å². The lowest BCUT2D eigenvalue weighted by atomic mass is 9.94. The third-order valence-electron chi connectivity index (χ3n) is 8.15. The van der Waals surface area contributed by atoms with E-state index in [0.717, 1.165) is 51.3 Å². The largest absolute Gasteiger partial charge is 0.337 e. The standard InChI is InChI=1S/C38H27N3/c1-26-12-4-3-11-21-40(30-15-5-2-6-16-30)35-20-19-28-22-33-31-17-9-10-18-34(31)41(36(33)24-32(28)38(26)35)37-23-27-13-7-8-14-29(27)25-39-37/h2-20,22-25H,1,21H2/b11-3-,12-4-. The lowest BCUT2D eigenvalue weighted by Crippen LogP contribution is -2.18. The minimum absolute atomic E-state index is 0.768. The highest BCUT2D eigenvalue weighted by molar-refractivity contribution is 6.16. The number of benzene rings is 5. The number of rotatable bonds is 2. The summed E-state index contributed by atoms with van der Waals surface area (Å²) in [5, 5.41) is 7.12. The Kier molecular flexibility index (Phi) is 5.36. The number of pyridine rings is 1. The number of hydrogen-bond donors (Lipinski definition) is 0. The molecule has 0 saturated heterocycles. The fourth-order valence-electron chi connectivity index (χ4n) is 6.23. The summed E-state index contributed by atoms with van der Waals surface area (Å²) in [7, 11) is 0. The first-order chi connectivity index (χ1) is 20.3. The third-order valence-corrected chi connectivity index (χ3v) is 8.15. The Hall–Kier alpha value is -5.41. The lowest BCUT2D eigenvalue weighted by molar-refractivity contribution is 1.09. The summed E-state index contributed by atoms with van der Waals surface area (Å²) in [6, 6.07) is 39.0. The molecule has 7 aromatic rings. The van der Waals surface area contributed by atoms with Crippen molar-refractivity contribution in [2.45, 2.75) is 0 Å². The van der Waals surface area contributed by atoms with Crippen LogP contribution in [0, 0.1) is 0 Å². The van der Waals surface area contributed by atoms with Gasteiger partial charge in [-0.15, -0.1) is 0 Å². The minimum Gasteiger partial charge on any atom is -0.337 e. The Morgan fingerprint density at radius 2 is 1.44 bits per heavy atom. The molecule has 1 aliphatic rings. The van der Waals surface area contributed by atoms with Crippen LogP contribution in [0.2, 0.25) is 0 Å². The number of hydrogen-bond acceptors (Lipinski definition) is 2. The molecule has 3 heteroatoms. The molecule has 0 atom stereocenters. The first-order valence-corrected chi connectivity index (χ1v) is 14.0. The summed E-state index contributed by atoms with van der Waals surface area (Å²) in [5.41, 5.74) is 6.73. The van der Waals surface area contributed by atoms with Crippen LogP contribution in [-0.4, -0.2) is 16.1 Å². The van der Waals surface area contributed by atoms with Gasteiger partial charge in [-0.1, -0.05) is 97.6 Å². The van der Waals surface area contributed by atoms with E-state index in [4.69, 9.17) is 4.98 Å². The van der Waals surface area contributed by atoms with Crippen molar-refractivity contribution in [3.63, 3.8) is 0 Å². The zero-order valence-electron chi connectivity index (χ0n) is 22.5. The average molecular weight is 526 g/mol. The SMILES string of the molecule is C=C1/C=C\C=C/CN(c2ccccc2)c2ccc3cc4c5ccccc5n(-c5cc6ccccc6cn5)c4cc3c21. The Balaban J connectivity index is 1.46. The second-order valence-electron chi connectivity index (χ2n) is 10.6. The molecule has 3 nitrogen and oxygen atoms in total. The van der Waals surface area contributed by atoms with E-state index in [9.17, 15) is 0 Å². The van der Waals surface area contributed by atoms with E-state index in [-0.39, 0.29) is 0 Å². The summed E-state index contributed by atoms with van der Waals surface area (Å²) >= 11 is 0. The predicted molar refractivity (Wildman–Crippen MR) is 174 cm³/mol. The molecule has 8 rings (SSSR count). The molecule has 2 aromatic heterocycles. The van der Waals surface area contributed by atoms with E-state index < -0.39 is 0 Å². The molecule has 5 aromatic carbocycles. The molecule has 0 spiro atoms. The van der Waals surface area contributed by atoms with Crippen LogP contribution in [0.3, 0.4) is 0 Å².